The van der Waals surface area contributed by atoms with Crippen molar-refractivity contribution >= 4 is 24.8 Å². The number of hydrogen-bond donors (Lipinski definition) is 1. The molecule has 1 aliphatic rings. The molecule has 0 saturated carbocycles. The van der Waals surface area contributed by atoms with Gasteiger partial charge in [0, 0.05) is 18.3 Å². The maximum absolute atomic E-state index is 13.0. The number of hydrazine groups is 1. The number of hydrogen-bond acceptors (Lipinski definition) is 3. The normalized spacial score (nSPS) is 19.6. The van der Waals surface area contributed by atoms with Crippen molar-refractivity contribution in [1.82, 2.24) is 15.4 Å². The summed E-state index contributed by atoms with van der Waals surface area (Å²) in [5.74, 6) is -0.368. The van der Waals surface area contributed by atoms with Crippen molar-refractivity contribution in [2.75, 3.05) is 13.6 Å². The van der Waals surface area contributed by atoms with E-state index in [0.29, 0.717) is 11.6 Å². The summed E-state index contributed by atoms with van der Waals surface area (Å²) < 4.78 is 13.0. The summed E-state index contributed by atoms with van der Waals surface area (Å²) in [6, 6.07) is 2.23. The van der Waals surface area contributed by atoms with Crippen LogP contribution in [-0.4, -0.2) is 23.6 Å². The average Bonchev–Trinajstić information content (AvgIpc) is 2.70. The third-order valence-electron chi connectivity index (χ3n) is 2.96. The fraction of sp³-hybridized carbons (Fsp3) is 0.545. The smallest absolute Gasteiger partial charge is 0.215 e. The Balaban J connectivity index is 0.00000128. The Morgan fingerprint density at radius 2 is 2.18 bits per heavy atom. The van der Waals surface area contributed by atoms with Crippen molar-refractivity contribution < 1.29 is 4.39 Å². The maximum Gasteiger partial charge on any atom is 0.215 e. The molecule has 17 heavy (non-hydrogen) atoms. The van der Waals surface area contributed by atoms with E-state index in [0.717, 1.165) is 18.5 Å². The molecule has 0 unspecified atom stereocenters. The first-order chi connectivity index (χ1) is 7.22. The molecule has 1 atom stereocenters. The van der Waals surface area contributed by atoms with Crippen LogP contribution in [0.5, 0.6) is 0 Å². The molecular weight excluding hydrogens is 264 g/mol. The van der Waals surface area contributed by atoms with Gasteiger partial charge < -0.3 is 0 Å². The van der Waals surface area contributed by atoms with Crippen molar-refractivity contribution in [2.45, 2.75) is 25.8 Å². The Bertz CT molecular complexity index is 363. The van der Waals surface area contributed by atoms with Crippen LogP contribution >= 0.6 is 24.8 Å². The van der Waals surface area contributed by atoms with Crippen molar-refractivity contribution in [2.24, 2.45) is 0 Å². The molecule has 1 aromatic heterocycles. The van der Waals surface area contributed by atoms with Crippen LogP contribution < -0.4 is 5.43 Å². The second-order valence-corrected chi connectivity index (χ2v) is 3.95. The standard InChI is InChI=1S/C11H16FN3.2ClH/c1-8-6-9(7-14-11(8)12)10-4-3-5-15(10)13-2;;/h6-7,10,13H,3-5H2,1-2H3;2*1H/t10-;;/m0../s1. The second-order valence-electron chi connectivity index (χ2n) is 3.95. The number of nitrogens with one attached hydrogen (secondary N) is 1. The molecule has 2 heterocycles. The van der Waals surface area contributed by atoms with Gasteiger partial charge in [0.15, 0.2) is 0 Å². The topological polar surface area (TPSA) is 28.2 Å². The number of aromatic nitrogens is 1. The molecule has 1 N–H and O–H groups in total. The molecule has 0 aliphatic carbocycles. The summed E-state index contributed by atoms with van der Waals surface area (Å²) in [4.78, 5) is 3.77. The lowest BCUT2D eigenvalue weighted by molar-refractivity contribution is 0.190. The number of pyridine rings is 1. The highest BCUT2D eigenvalue weighted by molar-refractivity contribution is 5.85. The maximum atomic E-state index is 13.0. The molecular formula is C11H18Cl2FN3. The van der Waals surface area contributed by atoms with Crippen LogP contribution in [0, 0.1) is 12.9 Å². The minimum Gasteiger partial charge on any atom is -0.258 e. The highest BCUT2D eigenvalue weighted by atomic mass is 35.5. The minimum atomic E-state index is -0.368. The zero-order valence-electron chi connectivity index (χ0n) is 9.94. The van der Waals surface area contributed by atoms with E-state index >= 15 is 0 Å². The number of nitrogens with zero attached hydrogens (tertiary/aromatic N) is 2. The molecule has 1 aliphatic heterocycles. The predicted octanol–water partition coefficient (Wildman–Crippen LogP) is 2.64. The van der Waals surface area contributed by atoms with Gasteiger partial charge >= 0.3 is 0 Å². The van der Waals surface area contributed by atoms with Gasteiger partial charge in [0.2, 0.25) is 5.95 Å². The van der Waals surface area contributed by atoms with E-state index < -0.39 is 0 Å². The van der Waals surface area contributed by atoms with Crippen LogP contribution in [0.4, 0.5) is 4.39 Å². The third-order valence-corrected chi connectivity index (χ3v) is 2.96. The monoisotopic (exact) mass is 281 g/mol. The molecule has 0 aromatic carbocycles. The van der Waals surface area contributed by atoms with E-state index in [2.05, 4.69) is 15.4 Å². The van der Waals surface area contributed by atoms with Gasteiger partial charge in [-0.1, -0.05) is 0 Å². The highest BCUT2D eigenvalue weighted by Crippen LogP contribution is 2.30. The molecule has 6 heteroatoms. The number of aryl methyl sites for hydroxylation is 1. The van der Waals surface area contributed by atoms with E-state index in [9.17, 15) is 4.39 Å². The lowest BCUT2D eigenvalue weighted by atomic mass is 10.1. The second kappa shape index (κ2) is 7.11. The lowest BCUT2D eigenvalue weighted by Gasteiger charge is -2.23. The Morgan fingerprint density at radius 1 is 1.47 bits per heavy atom. The summed E-state index contributed by atoms with van der Waals surface area (Å²) in [5, 5.41) is 2.17. The Hall–Kier alpha value is -0.420. The van der Waals surface area contributed by atoms with Gasteiger partial charge in [0.1, 0.15) is 0 Å². The average molecular weight is 282 g/mol. The van der Waals surface area contributed by atoms with Gasteiger partial charge in [-0.25, -0.2) is 9.99 Å². The van der Waals surface area contributed by atoms with Gasteiger partial charge in [0.05, 0.1) is 6.04 Å². The largest absolute Gasteiger partial charge is 0.258 e. The van der Waals surface area contributed by atoms with Crippen molar-refractivity contribution in [3.63, 3.8) is 0 Å². The molecule has 1 aromatic rings. The fourth-order valence-corrected chi connectivity index (χ4v) is 2.14. The van der Waals surface area contributed by atoms with Crippen molar-refractivity contribution in [3.8, 4) is 0 Å². The summed E-state index contributed by atoms with van der Waals surface area (Å²) >= 11 is 0. The number of rotatable bonds is 2. The van der Waals surface area contributed by atoms with E-state index in [1.165, 1.54) is 6.42 Å². The van der Waals surface area contributed by atoms with E-state index in [-0.39, 0.29) is 30.8 Å². The zero-order valence-corrected chi connectivity index (χ0v) is 11.6. The molecule has 1 saturated heterocycles. The van der Waals surface area contributed by atoms with E-state index in [4.69, 9.17) is 0 Å². The molecule has 1 fully saturated rings. The zero-order chi connectivity index (χ0) is 10.8. The SMILES string of the molecule is CNN1CCC[C@H]1c1cnc(F)c(C)c1.Cl.Cl. The first-order valence-corrected chi connectivity index (χ1v) is 5.28. The summed E-state index contributed by atoms with van der Waals surface area (Å²) in [6.45, 7) is 2.79. The minimum absolute atomic E-state index is 0. The predicted molar refractivity (Wildman–Crippen MR) is 71.2 cm³/mol. The Morgan fingerprint density at radius 3 is 2.76 bits per heavy atom. The first kappa shape index (κ1) is 16.6. The van der Waals surface area contributed by atoms with Crippen LogP contribution in [0.3, 0.4) is 0 Å². The number of halogens is 3. The molecule has 2 rings (SSSR count). The Kier molecular flexibility index (Phi) is 6.94. The summed E-state index contributed by atoms with van der Waals surface area (Å²) in [7, 11) is 1.92. The first-order valence-electron chi connectivity index (χ1n) is 5.28. The van der Waals surface area contributed by atoms with Gasteiger partial charge in [0.25, 0.3) is 0 Å². The molecule has 98 valence electrons. The van der Waals surface area contributed by atoms with Crippen LogP contribution in [0.1, 0.15) is 30.0 Å². The highest BCUT2D eigenvalue weighted by Gasteiger charge is 2.25. The lowest BCUT2D eigenvalue weighted by Crippen LogP contribution is -2.34. The van der Waals surface area contributed by atoms with E-state index in [1.54, 1.807) is 13.1 Å². The van der Waals surface area contributed by atoms with Crippen LogP contribution in [0.2, 0.25) is 0 Å². The molecule has 0 spiro atoms. The van der Waals surface area contributed by atoms with Gasteiger partial charge in [-0.2, -0.15) is 4.39 Å². The van der Waals surface area contributed by atoms with Gasteiger partial charge in [-0.15, -0.1) is 24.8 Å². The van der Waals surface area contributed by atoms with Crippen molar-refractivity contribution in [1.29, 1.82) is 0 Å². The molecule has 3 nitrogen and oxygen atoms in total. The van der Waals surface area contributed by atoms with Gasteiger partial charge in [-0.3, -0.25) is 5.43 Å². The summed E-state index contributed by atoms with van der Waals surface area (Å²) in [5.41, 5.74) is 4.88. The summed E-state index contributed by atoms with van der Waals surface area (Å²) in [6.07, 6.45) is 3.91. The quantitative estimate of drug-likeness (QED) is 0.845. The fourth-order valence-electron chi connectivity index (χ4n) is 2.14. The molecule has 0 bridgehead atoms. The molecule has 0 amide bonds. The molecule has 0 radical (unpaired) electrons. The van der Waals surface area contributed by atoms with Crippen LogP contribution in [0.15, 0.2) is 12.3 Å². The van der Waals surface area contributed by atoms with Crippen molar-refractivity contribution in [3.05, 3.63) is 29.3 Å². The third kappa shape index (κ3) is 3.52. The van der Waals surface area contributed by atoms with Gasteiger partial charge in [-0.05, 0) is 38.4 Å². The Labute approximate surface area is 114 Å². The van der Waals surface area contributed by atoms with Crippen LogP contribution in [0.25, 0.3) is 0 Å². The van der Waals surface area contributed by atoms with Crippen LogP contribution in [-0.2, 0) is 0 Å². The van der Waals surface area contributed by atoms with E-state index in [1.807, 2.05) is 13.1 Å².